The van der Waals surface area contributed by atoms with Crippen molar-refractivity contribution in [3.63, 3.8) is 0 Å². The fraction of sp³-hybridized carbons (Fsp3) is 0.125. The van der Waals surface area contributed by atoms with Crippen LogP contribution in [-0.4, -0.2) is 35.4 Å². The number of hydrogen-bond donors (Lipinski definition) is 0. The second-order valence-corrected chi connectivity index (χ2v) is 7.82. The molecule has 0 fully saturated rings. The number of nitrogens with zero attached hydrogens (tertiary/aromatic N) is 2. The molecule has 4 rings (SSSR count). The second kappa shape index (κ2) is 9.06. The van der Waals surface area contributed by atoms with Crippen LogP contribution in [0.25, 0.3) is 22.2 Å². The summed E-state index contributed by atoms with van der Waals surface area (Å²) < 4.78 is 18.6. The molecule has 0 saturated carbocycles. The average Bonchev–Trinajstić information content (AvgIpc) is 3.30. The number of esters is 1. The lowest BCUT2D eigenvalue weighted by Crippen LogP contribution is -2.30. The van der Waals surface area contributed by atoms with Crippen molar-refractivity contribution in [3.05, 3.63) is 88.4 Å². The van der Waals surface area contributed by atoms with Crippen molar-refractivity contribution in [2.24, 2.45) is 0 Å². The summed E-state index contributed by atoms with van der Waals surface area (Å²) in [5.74, 6) is -1.26. The Labute approximate surface area is 182 Å². The number of rotatable bonds is 6. The minimum Gasteiger partial charge on any atom is -0.452 e. The van der Waals surface area contributed by atoms with Crippen LogP contribution >= 0.6 is 11.3 Å². The van der Waals surface area contributed by atoms with Gasteiger partial charge in [-0.05, 0) is 58.8 Å². The van der Waals surface area contributed by atoms with Gasteiger partial charge in [-0.2, -0.15) is 11.3 Å². The van der Waals surface area contributed by atoms with Crippen molar-refractivity contribution >= 4 is 34.1 Å². The molecule has 5 nitrogen and oxygen atoms in total. The number of para-hydroxylation sites is 1. The summed E-state index contributed by atoms with van der Waals surface area (Å²) in [5.41, 5.74) is 3.13. The lowest BCUT2D eigenvalue weighted by molar-refractivity contribution is -0.133. The van der Waals surface area contributed by atoms with Crippen LogP contribution in [-0.2, 0) is 16.1 Å². The van der Waals surface area contributed by atoms with E-state index in [-0.39, 0.29) is 18.3 Å². The molecule has 2 aromatic carbocycles. The molecule has 0 aliphatic carbocycles. The van der Waals surface area contributed by atoms with Crippen molar-refractivity contribution in [1.82, 2.24) is 9.88 Å². The maximum atomic E-state index is 13.3. The third-order valence-corrected chi connectivity index (χ3v) is 5.56. The monoisotopic (exact) mass is 434 g/mol. The van der Waals surface area contributed by atoms with Gasteiger partial charge in [0.05, 0.1) is 16.8 Å². The minimum absolute atomic E-state index is 0.295. The molecule has 0 atom stereocenters. The molecule has 0 radical (unpaired) electrons. The SMILES string of the molecule is CN(Cc1ccsc1)C(=O)COC(=O)c1cc(-c2ccc(F)cc2)nc2ccccc12. The Balaban J connectivity index is 1.55. The molecule has 31 heavy (non-hydrogen) atoms. The molecule has 0 saturated heterocycles. The number of halogens is 1. The Kier molecular flexibility index (Phi) is 6.04. The quantitative estimate of drug-likeness (QED) is 0.404. The van der Waals surface area contributed by atoms with Gasteiger partial charge < -0.3 is 9.64 Å². The third kappa shape index (κ3) is 4.78. The molecule has 0 N–H and O–H groups in total. The van der Waals surface area contributed by atoms with Crippen LogP contribution in [0.15, 0.2) is 71.4 Å². The second-order valence-electron chi connectivity index (χ2n) is 7.04. The van der Waals surface area contributed by atoms with Gasteiger partial charge in [-0.3, -0.25) is 4.79 Å². The number of likely N-dealkylation sites (N-methyl/N-ethyl adjacent to an activating group) is 1. The summed E-state index contributed by atoms with van der Waals surface area (Å²) in [6.07, 6.45) is 0. The summed E-state index contributed by atoms with van der Waals surface area (Å²) >= 11 is 1.56. The molecule has 0 spiro atoms. The van der Waals surface area contributed by atoms with E-state index < -0.39 is 5.97 Å². The van der Waals surface area contributed by atoms with E-state index >= 15 is 0 Å². The lowest BCUT2D eigenvalue weighted by Gasteiger charge is -2.16. The molecule has 4 aromatic rings. The minimum atomic E-state index is -0.612. The van der Waals surface area contributed by atoms with Crippen LogP contribution in [0.3, 0.4) is 0 Å². The van der Waals surface area contributed by atoms with E-state index in [0.717, 1.165) is 5.56 Å². The van der Waals surface area contributed by atoms with Gasteiger partial charge in [-0.1, -0.05) is 18.2 Å². The topological polar surface area (TPSA) is 59.5 Å². The maximum Gasteiger partial charge on any atom is 0.339 e. The van der Waals surface area contributed by atoms with E-state index in [9.17, 15) is 14.0 Å². The van der Waals surface area contributed by atoms with E-state index in [1.807, 2.05) is 22.9 Å². The van der Waals surface area contributed by atoms with Crippen molar-refractivity contribution < 1.29 is 18.7 Å². The molecule has 0 bridgehead atoms. The Morgan fingerprint density at radius 3 is 2.61 bits per heavy atom. The van der Waals surface area contributed by atoms with E-state index in [4.69, 9.17) is 4.74 Å². The molecule has 0 aliphatic rings. The van der Waals surface area contributed by atoms with Gasteiger partial charge >= 0.3 is 5.97 Å². The van der Waals surface area contributed by atoms with Gasteiger partial charge in [0.25, 0.3) is 5.91 Å². The summed E-state index contributed by atoms with van der Waals surface area (Å²) in [7, 11) is 1.67. The zero-order valence-electron chi connectivity index (χ0n) is 16.7. The number of fused-ring (bicyclic) bond motifs is 1. The molecule has 0 unspecified atom stereocenters. The van der Waals surface area contributed by atoms with Crippen molar-refractivity contribution in [2.75, 3.05) is 13.7 Å². The van der Waals surface area contributed by atoms with E-state index in [1.165, 1.54) is 17.0 Å². The average molecular weight is 434 g/mol. The zero-order valence-corrected chi connectivity index (χ0v) is 17.6. The van der Waals surface area contributed by atoms with Crippen LogP contribution in [0, 0.1) is 5.82 Å². The van der Waals surface area contributed by atoms with Crippen LogP contribution < -0.4 is 0 Å². The first-order valence-corrected chi connectivity index (χ1v) is 10.5. The standard InChI is InChI=1S/C24H19FN2O3S/c1-27(13-16-10-11-31-15-16)23(28)14-30-24(29)20-12-22(17-6-8-18(25)9-7-17)26-21-5-3-2-4-19(20)21/h2-12,15H,13-14H2,1H3. The largest absolute Gasteiger partial charge is 0.452 e. The summed E-state index contributed by atoms with van der Waals surface area (Å²) in [4.78, 5) is 31.4. The smallest absolute Gasteiger partial charge is 0.339 e. The summed E-state index contributed by atoms with van der Waals surface area (Å²) in [5, 5.41) is 4.54. The van der Waals surface area contributed by atoms with Crippen molar-refractivity contribution in [3.8, 4) is 11.3 Å². The van der Waals surface area contributed by atoms with Crippen LogP contribution in [0.2, 0.25) is 0 Å². The predicted molar refractivity (Wildman–Crippen MR) is 118 cm³/mol. The molecule has 2 heterocycles. The number of carbonyl (C=O) groups is 2. The van der Waals surface area contributed by atoms with E-state index in [1.54, 1.807) is 54.8 Å². The van der Waals surface area contributed by atoms with Gasteiger partial charge in [0.2, 0.25) is 0 Å². The fourth-order valence-electron chi connectivity index (χ4n) is 3.17. The van der Waals surface area contributed by atoms with Gasteiger partial charge in [0.15, 0.2) is 6.61 Å². The summed E-state index contributed by atoms with van der Waals surface area (Å²) in [6.45, 7) is 0.0921. The number of amides is 1. The fourth-order valence-corrected chi connectivity index (χ4v) is 3.83. The number of ether oxygens (including phenoxy) is 1. The predicted octanol–water partition coefficient (Wildman–Crippen LogP) is 4.92. The summed E-state index contributed by atoms with van der Waals surface area (Å²) in [6, 6.07) is 16.6. The Morgan fingerprint density at radius 2 is 1.87 bits per heavy atom. The van der Waals surface area contributed by atoms with Gasteiger partial charge in [-0.25, -0.2) is 14.2 Å². The highest BCUT2D eigenvalue weighted by molar-refractivity contribution is 7.07. The lowest BCUT2D eigenvalue weighted by atomic mass is 10.0. The van der Waals surface area contributed by atoms with Crippen LogP contribution in [0.4, 0.5) is 4.39 Å². The maximum absolute atomic E-state index is 13.3. The number of hydrogen-bond acceptors (Lipinski definition) is 5. The zero-order chi connectivity index (χ0) is 21.8. The third-order valence-electron chi connectivity index (χ3n) is 4.83. The normalized spacial score (nSPS) is 10.8. The molecular weight excluding hydrogens is 415 g/mol. The highest BCUT2D eigenvalue weighted by atomic mass is 32.1. The number of aromatic nitrogens is 1. The van der Waals surface area contributed by atoms with Crippen LogP contribution in [0.1, 0.15) is 15.9 Å². The number of pyridine rings is 1. The first-order chi connectivity index (χ1) is 15.0. The molecule has 7 heteroatoms. The molecular formula is C24H19FN2O3S. The number of benzene rings is 2. The van der Waals surface area contributed by atoms with Crippen molar-refractivity contribution in [1.29, 1.82) is 0 Å². The first kappa shape index (κ1) is 20.7. The molecule has 1 amide bonds. The van der Waals surface area contributed by atoms with Gasteiger partial charge in [-0.15, -0.1) is 0 Å². The van der Waals surface area contributed by atoms with Crippen molar-refractivity contribution in [2.45, 2.75) is 6.54 Å². The van der Waals surface area contributed by atoms with Crippen LogP contribution in [0.5, 0.6) is 0 Å². The number of carbonyl (C=O) groups excluding carboxylic acids is 2. The Bertz CT molecular complexity index is 1220. The first-order valence-electron chi connectivity index (χ1n) is 9.59. The van der Waals surface area contributed by atoms with E-state index in [0.29, 0.717) is 34.3 Å². The Morgan fingerprint density at radius 1 is 1.10 bits per heavy atom. The Hall–Kier alpha value is -3.58. The van der Waals surface area contributed by atoms with Gasteiger partial charge in [0, 0.05) is 24.5 Å². The molecule has 156 valence electrons. The van der Waals surface area contributed by atoms with Gasteiger partial charge in [0.1, 0.15) is 5.82 Å². The number of thiophene rings is 1. The molecule has 2 aromatic heterocycles. The molecule has 0 aliphatic heterocycles. The van der Waals surface area contributed by atoms with E-state index in [2.05, 4.69) is 4.98 Å². The highest BCUT2D eigenvalue weighted by Gasteiger charge is 2.18. The highest BCUT2D eigenvalue weighted by Crippen LogP contribution is 2.25.